The number of pyridine rings is 1. The number of hydrogen-bond acceptors (Lipinski definition) is 4. The number of carbonyl (C=O) groups is 2. The Morgan fingerprint density at radius 3 is 2.90 bits per heavy atom. The normalized spacial score (nSPS) is 18.0. The van der Waals surface area contributed by atoms with Crippen LogP contribution in [0.2, 0.25) is 0 Å². The summed E-state index contributed by atoms with van der Waals surface area (Å²) in [6.07, 6.45) is 1.51. The average Bonchev–Trinajstić information content (AvgIpc) is 2.84. The van der Waals surface area contributed by atoms with E-state index in [-0.39, 0.29) is 24.5 Å². The second kappa shape index (κ2) is 6.56. The van der Waals surface area contributed by atoms with Crippen molar-refractivity contribution >= 4 is 11.9 Å². The summed E-state index contributed by atoms with van der Waals surface area (Å²) in [5.74, 6) is -0.706. The zero-order valence-corrected chi connectivity index (χ0v) is 12.3. The molecule has 0 radical (unpaired) electrons. The van der Waals surface area contributed by atoms with E-state index in [2.05, 4.69) is 4.98 Å². The van der Waals surface area contributed by atoms with Gasteiger partial charge in [-0.25, -0.2) is 4.98 Å². The number of aromatic nitrogens is 1. The van der Waals surface area contributed by atoms with Crippen molar-refractivity contribution in [2.24, 2.45) is 0 Å². The second-order valence-electron chi connectivity index (χ2n) is 5.42. The molecule has 1 aromatic rings. The van der Waals surface area contributed by atoms with Gasteiger partial charge in [0.15, 0.2) is 0 Å². The molecule has 6 nitrogen and oxygen atoms in total. The molecule has 2 rings (SSSR count). The van der Waals surface area contributed by atoms with E-state index in [4.69, 9.17) is 9.84 Å². The highest BCUT2D eigenvalue weighted by molar-refractivity contribution is 5.93. The lowest BCUT2D eigenvalue weighted by molar-refractivity contribution is -0.137. The number of amides is 1. The van der Waals surface area contributed by atoms with Crippen molar-refractivity contribution in [1.82, 2.24) is 9.88 Å². The molecule has 1 N–H and O–H groups in total. The molecule has 0 bridgehead atoms. The van der Waals surface area contributed by atoms with Gasteiger partial charge in [0, 0.05) is 18.7 Å². The lowest BCUT2D eigenvalue weighted by Gasteiger charge is -2.23. The lowest BCUT2D eigenvalue weighted by atomic mass is 10.1. The van der Waals surface area contributed by atoms with Gasteiger partial charge in [0.25, 0.3) is 5.91 Å². The Bertz CT molecular complexity index is 530. The summed E-state index contributed by atoms with van der Waals surface area (Å²) in [7, 11) is 0. The van der Waals surface area contributed by atoms with E-state index in [0.29, 0.717) is 18.1 Å². The third kappa shape index (κ3) is 3.93. The van der Waals surface area contributed by atoms with Crippen LogP contribution in [-0.4, -0.2) is 45.6 Å². The van der Waals surface area contributed by atoms with Crippen molar-refractivity contribution in [2.45, 2.75) is 45.3 Å². The minimum Gasteiger partial charge on any atom is -0.481 e. The zero-order chi connectivity index (χ0) is 15.4. The molecule has 1 aromatic heterocycles. The molecule has 1 fully saturated rings. The standard InChI is InChI=1S/C15H20N2O4/c1-10(2)21-13-7-3-6-12(16-13)15(20)17-8-4-5-11(17)9-14(18)19/h3,6-7,10-11H,4-5,8-9H2,1-2H3,(H,18,19)/t11-/m0/s1. The Balaban J connectivity index is 2.13. The van der Waals surface area contributed by atoms with Crippen molar-refractivity contribution in [1.29, 1.82) is 0 Å². The van der Waals surface area contributed by atoms with Crippen molar-refractivity contribution < 1.29 is 19.4 Å². The lowest BCUT2D eigenvalue weighted by Crippen LogP contribution is -2.37. The number of aliphatic carboxylic acids is 1. The zero-order valence-electron chi connectivity index (χ0n) is 12.3. The first-order chi connectivity index (χ1) is 9.97. The van der Waals surface area contributed by atoms with Crippen LogP contribution in [0.4, 0.5) is 0 Å². The van der Waals surface area contributed by atoms with E-state index in [9.17, 15) is 9.59 Å². The van der Waals surface area contributed by atoms with E-state index in [0.717, 1.165) is 12.8 Å². The number of rotatable bonds is 5. The minimum atomic E-state index is -0.885. The Morgan fingerprint density at radius 1 is 1.48 bits per heavy atom. The summed E-state index contributed by atoms with van der Waals surface area (Å²) < 4.78 is 5.48. The van der Waals surface area contributed by atoms with E-state index in [1.807, 2.05) is 13.8 Å². The van der Waals surface area contributed by atoms with Crippen molar-refractivity contribution in [2.75, 3.05) is 6.54 Å². The quantitative estimate of drug-likeness (QED) is 0.897. The molecule has 0 aromatic carbocycles. The van der Waals surface area contributed by atoms with Gasteiger partial charge in [-0.15, -0.1) is 0 Å². The van der Waals surface area contributed by atoms with Gasteiger partial charge >= 0.3 is 5.97 Å². The average molecular weight is 292 g/mol. The fourth-order valence-electron chi connectivity index (χ4n) is 2.51. The summed E-state index contributed by atoms with van der Waals surface area (Å²) >= 11 is 0. The van der Waals surface area contributed by atoms with Crippen LogP contribution < -0.4 is 4.74 Å². The Kier molecular flexibility index (Phi) is 4.77. The molecular weight excluding hydrogens is 272 g/mol. The topological polar surface area (TPSA) is 79.7 Å². The summed E-state index contributed by atoms with van der Waals surface area (Å²) in [4.78, 5) is 29.2. The van der Waals surface area contributed by atoms with Crippen LogP contribution >= 0.6 is 0 Å². The minimum absolute atomic E-state index is 0.0191. The molecular formula is C15H20N2O4. The maximum Gasteiger partial charge on any atom is 0.305 e. The van der Waals surface area contributed by atoms with Gasteiger partial charge in [0.2, 0.25) is 5.88 Å². The number of ether oxygens (including phenoxy) is 1. The second-order valence-corrected chi connectivity index (χ2v) is 5.42. The van der Waals surface area contributed by atoms with Crippen molar-refractivity contribution in [3.63, 3.8) is 0 Å². The molecule has 0 unspecified atom stereocenters. The van der Waals surface area contributed by atoms with Gasteiger partial charge in [-0.05, 0) is 32.8 Å². The van der Waals surface area contributed by atoms with Crippen LogP contribution in [0.25, 0.3) is 0 Å². The first-order valence-corrected chi connectivity index (χ1v) is 7.14. The molecule has 0 spiro atoms. The predicted molar refractivity (Wildman–Crippen MR) is 76.3 cm³/mol. The van der Waals surface area contributed by atoms with Gasteiger partial charge in [-0.3, -0.25) is 9.59 Å². The van der Waals surface area contributed by atoms with Crippen LogP contribution in [-0.2, 0) is 4.79 Å². The van der Waals surface area contributed by atoms with Crippen LogP contribution in [0.3, 0.4) is 0 Å². The number of carbonyl (C=O) groups excluding carboxylic acids is 1. The molecule has 2 heterocycles. The molecule has 0 saturated carbocycles. The van der Waals surface area contributed by atoms with E-state index in [1.54, 1.807) is 23.1 Å². The first kappa shape index (κ1) is 15.3. The number of likely N-dealkylation sites (tertiary alicyclic amines) is 1. The Labute approximate surface area is 123 Å². The van der Waals surface area contributed by atoms with Crippen molar-refractivity contribution in [3.05, 3.63) is 23.9 Å². The highest BCUT2D eigenvalue weighted by Gasteiger charge is 2.31. The highest BCUT2D eigenvalue weighted by Crippen LogP contribution is 2.22. The maximum absolute atomic E-state index is 12.5. The van der Waals surface area contributed by atoms with E-state index < -0.39 is 5.97 Å². The molecule has 6 heteroatoms. The molecule has 1 aliphatic heterocycles. The van der Waals surface area contributed by atoms with E-state index in [1.165, 1.54) is 0 Å². The first-order valence-electron chi connectivity index (χ1n) is 7.14. The smallest absolute Gasteiger partial charge is 0.305 e. The van der Waals surface area contributed by atoms with Gasteiger partial charge in [0.05, 0.1) is 12.5 Å². The molecule has 1 amide bonds. The van der Waals surface area contributed by atoms with Gasteiger partial charge in [-0.2, -0.15) is 0 Å². The van der Waals surface area contributed by atoms with Gasteiger partial charge in [-0.1, -0.05) is 6.07 Å². The summed E-state index contributed by atoms with van der Waals surface area (Å²) in [5.41, 5.74) is 0.297. The molecule has 1 saturated heterocycles. The monoisotopic (exact) mass is 292 g/mol. The third-order valence-electron chi connectivity index (χ3n) is 3.35. The molecule has 1 atom stereocenters. The number of carboxylic acids is 1. The predicted octanol–water partition coefficient (Wildman–Crippen LogP) is 1.95. The summed E-state index contributed by atoms with van der Waals surface area (Å²) in [6, 6.07) is 4.81. The van der Waals surface area contributed by atoms with Crippen molar-refractivity contribution in [3.8, 4) is 5.88 Å². The molecule has 0 aliphatic carbocycles. The van der Waals surface area contributed by atoms with Crippen LogP contribution in [0.1, 0.15) is 43.6 Å². The fourth-order valence-corrected chi connectivity index (χ4v) is 2.51. The molecule has 114 valence electrons. The number of nitrogens with zero attached hydrogens (tertiary/aromatic N) is 2. The summed E-state index contributed by atoms with van der Waals surface area (Å²) in [5, 5.41) is 8.91. The van der Waals surface area contributed by atoms with Crippen LogP contribution in [0.5, 0.6) is 5.88 Å². The maximum atomic E-state index is 12.5. The molecule has 1 aliphatic rings. The SMILES string of the molecule is CC(C)Oc1cccc(C(=O)N2CCC[C@H]2CC(=O)O)n1. The fraction of sp³-hybridized carbons (Fsp3) is 0.533. The third-order valence-corrected chi connectivity index (χ3v) is 3.35. The molecule has 21 heavy (non-hydrogen) atoms. The Morgan fingerprint density at radius 2 is 2.24 bits per heavy atom. The highest BCUT2D eigenvalue weighted by atomic mass is 16.5. The number of hydrogen-bond donors (Lipinski definition) is 1. The largest absolute Gasteiger partial charge is 0.481 e. The van der Waals surface area contributed by atoms with Crippen LogP contribution in [0, 0.1) is 0 Å². The van der Waals surface area contributed by atoms with Crippen LogP contribution in [0.15, 0.2) is 18.2 Å². The van der Waals surface area contributed by atoms with E-state index >= 15 is 0 Å². The summed E-state index contributed by atoms with van der Waals surface area (Å²) in [6.45, 7) is 4.35. The number of carboxylic acid groups (broad SMARTS) is 1. The Hall–Kier alpha value is -2.11. The van der Waals surface area contributed by atoms with Gasteiger partial charge in [0.1, 0.15) is 5.69 Å². The van der Waals surface area contributed by atoms with Gasteiger partial charge < -0.3 is 14.7 Å².